The first-order valence-electron chi connectivity index (χ1n) is 7.12. The van der Waals surface area contributed by atoms with Gasteiger partial charge in [0, 0.05) is 24.7 Å². The lowest BCUT2D eigenvalue weighted by Gasteiger charge is -2.36. The number of amides is 1. The molecule has 0 saturated heterocycles. The summed E-state index contributed by atoms with van der Waals surface area (Å²) in [5.41, 5.74) is 1.04. The second kappa shape index (κ2) is 6.58. The fourth-order valence-corrected chi connectivity index (χ4v) is 2.58. The fraction of sp³-hybridized carbons (Fsp3) is 0.533. The first-order valence-corrected chi connectivity index (χ1v) is 10.0. The molecule has 1 aromatic carbocycles. The molecule has 1 amide bonds. The summed E-state index contributed by atoms with van der Waals surface area (Å²) < 4.78 is 6.08. The van der Waals surface area contributed by atoms with Crippen molar-refractivity contribution in [3.05, 3.63) is 33.9 Å². The van der Waals surface area contributed by atoms with E-state index in [1.54, 1.807) is 6.07 Å². The first kappa shape index (κ1) is 18.3. The summed E-state index contributed by atoms with van der Waals surface area (Å²) in [5, 5.41) is 13.7. The largest absolute Gasteiger partial charge is 0.413 e. The summed E-state index contributed by atoms with van der Waals surface area (Å²) >= 11 is 0. The quantitative estimate of drug-likeness (QED) is 0.503. The lowest BCUT2D eigenvalue weighted by atomic mass is 10.2. The molecule has 0 aromatic heterocycles. The van der Waals surface area contributed by atoms with Crippen LogP contribution in [0.15, 0.2) is 18.2 Å². The van der Waals surface area contributed by atoms with Gasteiger partial charge in [-0.2, -0.15) is 0 Å². The van der Waals surface area contributed by atoms with Crippen LogP contribution in [-0.4, -0.2) is 19.1 Å². The fourth-order valence-electron chi connectivity index (χ4n) is 1.62. The maximum atomic E-state index is 11.1. The van der Waals surface area contributed by atoms with Crippen molar-refractivity contribution in [1.29, 1.82) is 0 Å². The van der Waals surface area contributed by atoms with Crippen LogP contribution < -0.4 is 5.32 Å². The van der Waals surface area contributed by atoms with Crippen LogP contribution in [0.2, 0.25) is 18.1 Å². The van der Waals surface area contributed by atoms with E-state index in [2.05, 4.69) is 39.2 Å². The molecule has 0 fully saturated rings. The van der Waals surface area contributed by atoms with Gasteiger partial charge < -0.3 is 9.74 Å². The Morgan fingerprint density at radius 1 is 1.32 bits per heavy atom. The summed E-state index contributed by atoms with van der Waals surface area (Å²) in [4.78, 5) is 21.7. The minimum absolute atomic E-state index is 0.0555. The predicted octanol–water partition coefficient (Wildman–Crippen LogP) is 4.08. The molecule has 0 unspecified atom stereocenters. The summed E-state index contributed by atoms with van der Waals surface area (Å²) in [7, 11) is -1.94. The van der Waals surface area contributed by atoms with Crippen molar-refractivity contribution in [3.63, 3.8) is 0 Å². The van der Waals surface area contributed by atoms with Crippen LogP contribution >= 0.6 is 0 Å². The van der Waals surface area contributed by atoms with Crippen molar-refractivity contribution >= 4 is 25.6 Å². The molecule has 0 bridgehead atoms. The molecule has 0 aliphatic carbocycles. The molecule has 0 radical (unpaired) electrons. The van der Waals surface area contributed by atoms with Gasteiger partial charge in [0.15, 0.2) is 8.32 Å². The van der Waals surface area contributed by atoms with Gasteiger partial charge in [-0.3, -0.25) is 14.9 Å². The van der Waals surface area contributed by atoms with Crippen LogP contribution in [0.1, 0.15) is 33.3 Å². The van der Waals surface area contributed by atoms with Crippen molar-refractivity contribution in [3.8, 4) is 0 Å². The standard InChI is InChI=1S/C15H24N2O4Si/c1-11(18)16-13-7-12(8-14(9-13)17(19)20)10-21-22(5,6)15(2,3)4/h7-9H,10H2,1-6H3,(H,16,18). The molecule has 7 heteroatoms. The Kier molecular flexibility index (Phi) is 5.48. The summed E-state index contributed by atoms with van der Waals surface area (Å²) in [6.45, 7) is 12.3. The number of rotatable bonds is 5. The molecular formula is C15H24N2O4Si. The molecule has 1 rings (SSSR count). The van der Waals surface area contributed by atoms with Crippen LogP contribution in [0, 0.1) is 10.1 Å². The lowest BCUT2D eigenvalue weighted by molar-refractivity contribution is -0.384. The van der Waals surface area contributed by atoms with Crippen LogP contribution in [-0.2, 0) is 15.8 Å². The minimum atomic E-state index is -1.94. The van der Waals surface area contributed by atoms with Gasteiger partial charge >= 0.3 is 0 Å². The maximum Gasteiger partial charge on any atom is 0.271 e. The topological polar surface area (TPSA) is 81.5 Å². The highest BCUT2D eigenvalue weighted by molar-refractivity contribution is 6.74. The average molecular weight is 324 g/mol. The number of anilines is 1. The first-order chi connectivity index (χ1) is 9.92. The van der Waals surface area contributed by atoms with Gasteiger partial charge in [-0.25, -0.2) is 0 Å². The van der Waals surface area contributed by atoms with E-state index in [0.29, 0.717) is 17.9 Å². The van der Waals surface area contributed by atoms with Crippen LogP contribution in [0.5, 0.6) is 0 Å². The van der Waals surface area contributed by atoms with E-state index in [-0.39, 0.29) is 16.6 Å². The number of nitro groups is 1. The van der Waals surface area contributed by atoms with Gasteiger partial charge in [0.25, 0.3) is 5.69 Å². The van der Waals surface area contributed by atoms with Gasteiger partial charge in [-0.05, 0) is 29.8 Å². The van der Waals surface area contributed by atoms with E-state index in [4.69, 9.17) is 4.43 Å². The third kappa shape index (κ3) is 4.92. The maximum absolute atomic E-state index is 11.1. The van der Waals surface area contributed by atoms with E-state index in [1.807, 2.05) is 0 Å². The number of carbonyl (C=O) groups excluding carboxylic acids is 1. The molecule has 0 aliphatic heterocycles. The molecule has 0 heterocycles. The molecule has 0 spiro atoms. The Morgan fingerprint density at radius 3 is 2.36 bits per heavy atom. The number of nitrogens with zero attached hydrogens (tertiary/aromatic N) is 1. The van der Waals surface area contributed by atoms with Crippen molar-refractivity contribution in [1.82, 2.24) is 0 Å². The van der Waals surface area contributed by atoms with Gasteiger partial charge in [0.1, 0.15) is 0 Å². The zero-order chi connectivity index (χ0) is 17.1. The number of carbonyl (C=O) groups is 1. The number of nitrogens with one attached hydrogen (secondary N) is 1. The number of non-ortho nitro benzene ring substituents is 1. The molecule has 0 aliphatic rings. The normalized spacial score (nSPS) is 12.1. The second-order valence-electron chi connectivity index (χ2n) is 6.88. The Balaban J connectivity index is 3.01. The molecule has 0 atom stereocenters. The monoisotopic (exact) mass is 324 g/mol. The minimum Gasteiger partial charge on any atom is -0.413 e. The number of benzene rings is 1. The third-order valence-electron chi connectivity index (χ3n) is 3.91. The lowest BCUT2D eigenvalue weighted by Crippen LogP contribution is -2.40. The van der Waals surface area contributed by atoms with Gasteiger partial charge in [-0.15, -0.1) is 0 Å². The van der Waals surface area contributed by atoms with Crippen molar-refractivity contribution in [2.75, 3.05) is 5.32 Å². The van der Waals surface area contributed by atoms with Crippen LogP contribution in [0.4, 0.5) is 11.4 Å². The van der Waals surface area contributed by atoms with E-state index < -0.39 is 13.2 Å². The van der Waals surface area contributed by atoms with E-state index in [0.717, 1.165) is 0 Å². The van der Waals surface area contributed by atoms with E-state index in [9.17, 15) is 14.9 Å². The average Bonchev–Trinajstić information content (AvgIpc) is 2.34. The second-order valence-corrected chi connectivity index (χ2v) is 11.7. The van der Waals surface area contributed by atoms with E-state index in [1.165, 1.54) is 19.1 Å². The predicted molar refractivity (Wildman–Crippen MR) is 89.4 cm³/mol. The highest BCUT2D eigenvalue weighted by Crippen LogP contribution is 2.37. The molecule has 122 valence electrons. The molecule has 0 saturated carbocycles. The zero-order valence-electron chi connectivity index (χ0n) is 14.0. The zero-order valence-corrected chi connectivity index (χ0v) is 15.0. The highest BCUT2D eigenvalue weighted by atomic mass is 28.4. The Hall–Kier alpha value is -1.73. The third-order valence-corrected chi connectivity index (χ3v) is 8.39. The Labute approximate surface area is 132 Å². The van der Waals surface area contributed by atoms with Crippen LogP contribution in [0.3, 0.4) is 0 Å². The van der Waals surface area contributed by atoms with Gasteiger partial charge in [-0.1, -0.05) is 20.8 Å². The smallest absolute Gasteiger partial charge is 0.271 e. The van der Waals surface area contributed by atoms with Gasteiger partial charge in [0.05, 0.1) is 11.5 Å². The summed E-state index contributed by atoms with van der Waals surface area (Å²) in [6, 6.07) is 4.54. The highest BCUT2D eigenvalue weighted by Gasteiger charge is 2.37. The Bertz CT molecular complexity index is 579. The molecule has 1 N–H and O–H groups in total. The van der Waals surface area contributed by atoms with Crippen LogP contribution in [0.25, 0.3) is 0 Å². The van der Waals surface area contributed by atoms with Crippen molar-refractivity contribution in [2.24, 2.45) is 0 Å². The Morgan fingerprint density at radius 2 is 1.91 bits per heavy atom. The molecule has 6 nitrogen and oxygen atoms in total. The number of hydrogen-bond donors (Lipinski definition) is 1. The summed E-state index contributed by atoms with van der Waals surface area (Å²) in [6.07, 6.45) is 0. The van der Waals surface area contributed by atoms with Gasteiger partial charge in [0.2, 0.25) is 5.91 Å². The summed E-state index contributed by atoms with van der Waals surface area (Å²) in [5.74, 6) is -0.267. The molecular weight excluding hydrogens is 300 g/mol. The molecule has 1 aromatic rings. The molecule has 22 heavy (non-hydrogen) atoms. The van der Waals surface area contributed by atoms with E-state index >= 15 is 0 Å². The number of nitro benzene ring substituents is 1. The number of hydrogen-bond acceptors (Lipinski definition) is 4. The van der Waals surface area contributed by atoms with Crippen molar-refractivity contribution < 1.29 is 14.1 Å². The SMILES string of the molecule is CC(=O)Nc1cc(CO[Si](C)(C)C(C)(C)C)cc([N+](=O)[O-])c1. The van der Waals surface area contributed by atoms with Crippen molar-refractivity contribution in [2.45, 2.75) is 52.4 Å².